The van der Waals surface area contributed by atoms with Crippen molar-refractivity contribution in [2.45, 2.75) is 32.7 Å². The quantitative estimate of drug-likeness (QED) is 0.844. The number of hydrogen-bond acceptors (Lipinski definition) is 4. The van der Waals surface area contributed by atoms with Crippen LogP contribution in [0.3, 0.4) is 0 Å². The summed E-state index contributed by atoms with van der Waals surface area (Å²) in [5.41, 5.74) is 0.869. The third-order valence-corrected chi connectivity index (χ3v) is 4.64. The van der Waals surface area contributed by atoms with Crippen molar-refractivity contribution in [1.29, 1.82) is 0 Å². The number of nitrogens with one attached hydrogen (secondary N) is 2. The van der Waals surface area contributed by atoms with Gasteiger partial charge in [0.2, 0.25) is 5.56 Å². The van der Waals surface area contributed by atoms with Gasteiger partial charge in [0.05, 0.1) is 12.8 Å². The zero-order chi connectivity index (χ0) is 17.6. The predicted octanol–water partition coefficient (Wildman–Crippen LogP) is 2.31. The molecule has 6 heteroatoms. The van der Waals surface area contributed by atoms with Gasteiger partial charge in [-0.25, -0.2) is 0 Å². The van der Waals surface area contributed by atoms with Crippen molar-refractivity contribution in [1.82, 2.24) is 15.2 Å². The van der Waals surface area contributed by atoms with Crippen LogP contribution in [-0.4, -0.2) is 35.4 Å². The SMILES string of the molecule is Cc1cc(C(=O)NCCC2CCCN(Cc3ccco3)C2)cc(=O)[nH]1. The highest BCUT2D eigenvalue weighted by molar-refractivity contribution is 5.94. The Hall–Kier alpha value is -2.34. The van der Waals surface area contributed by atoms with Crippen LogP contribution < -0.4 is 10.9 Å². The molecule has 1 fully saturated rings. The first-order valence-electron chi connectivity index (χ1n) is 8.84. The summed E-state index contributed by atoms with van der Waals surface area (Å²) >= 11 is 0. The van der Waals surface area contributed by atoms with Gasteiger partial charge >= 0.3 is 0 Å². The first kappa shape index (κ1) is 17.5. The summed E-state index contributed by atoms with van der Waals surface area (Å²) < 4.78 is 5.43. The van der Waals surface area contributed by atoms with Crippen molar-refractivity contribution in [3.63, 3.8) is 0 Å². The summed E-state index contributed by atoms with van der Waals surface area (Å²) in [6.07, 6.45) is 5.02. The van der Waals surface area contributed by atoms with E-state index in [1.165, 1.54) is 18.9 Å². The Bertz CT molecular complexity index is 752. The molecule has 134 valence electrons. The number of rotatable bonds is 6. The molecule has 2 aromatic rings. The molecule has 1 unspecified atom stereocenters. The number of nitrogens with zero attached hydrogens (tertiary/aromatic N) is 1. The summed E-state index contributed by atoms with van der Waals surface area (Å²) in [6.45, 7) is 5.37. The molecule has 1 atom stereocenters. The van der Waals surface area contributed by atoms with E-state index in [9.17, 15) is 9.59 Å². The van der Waals surface area contributed by atoms with Gasteiger partial charge in [0.25, 0.3) is 5.91 Å². The number of aryl methyl sites for hydroxylation is 1. The average molecular weight is 343 g/mol. The van der Waals surface area contributed by atoms with E-state index in [1.807, 2.05) is 12.1 Å². The number of aromatic amines is 1. The van der Waals surface area contributed by atoms with Gasteiger partial charge in [0, 0.05) is 30.4 Å². The third kappa shape index (κ3) is 5.06. The molecule has 3 heterocycles. The molecule has 0 saturated carbocycles. The maximum Gasteiger partial charge on any atom is 0.251 e. The van der Waals surface area contributed by atoms with Crippen LogP contribution in [0.1, 0.15) is 41.1 Å². The van der Waals surface area contributed by atoms with E-state index < -0.39 is 0 Å². The molecule has 1 saturated heterocycles. The highest BCUT2D eigenvalue weighted by Gasteiger charge is 2.20. The second-order valence-electron chi connectivity index (χ2n) is 6.78. The number of carbonyl (C=O) groups is 1. The smallest absolute Gasteiger partial charge is 0.251 e. The number of likely N-dealkylation sites (tertiary alicyclic amines) is 1. The maximum atomic E-state index is 12.2. The lowest BCUT2D eigenvalue weighted by molar-refractivity contribution is 0.0945. The van der Waals surface area contributed by atoms with Crippen LogP contribution in [0.4, 0.5) is 0 Å². The van der Waals surface area contributed by atoms with Crippen LogP contribution >= 0.6 is 0 Å². The first-order valence-corrected chi connectivity index (χ1v) is 8.84. The highest BCUT2D eigenvalue weighted by Crippen LogP contribution is 2.21. The largest absolute Gasteiger partial charge is 0.468 e. The van der Waals surface area contributed by atoms with Gasteiger partial charge in [-0.1, -0.05) is 0 Å². The summed E-state index contributed by atoms with van der Waals surface area (Å²) in [5, 5.41) is 2.93. The molecule has 25 heavy (non-hydrogen) atoms. The predicted molar refractivity (Wildman–Crippen MR) is 95.5 cm³/mol. The Kier molecular flexibility index (Phi) is 5.71. The molecule has 3 rings (SSSR count). The van der Waals surface area contributed by atoms with Crippen molar-refractivity contribution in [3.8, 4) is 0 Å². The first-order chi connectivity index (χ1) is 12.1. The van der Waals surface area contributed by atoms with Crippen LogP contribution in [0, 0.1) is 12.8 Å². The summed E-state index contributed by atoms with van der Waals surface area (Å²) in [7, 11) is 0. The van der Waals surface area contributed by atoms with E-state index in [4.69, 9.17) is 4.42 Å². The molecule has 0 radical (unpaired) electrons. The topological polar surface area (TPSA) is 78.3 Å². The second kappa shape index (κ2) is 8.16. The monoisotopic (exact) mass is 343 g/mol. The molecule has 2 N–H and O–H groups in total. The van der Waals surface area contributed by atoms with Crippen molar-refractivity contribution in [3.05, 3.63) is 57.9 Å². The van der Waals surface area contributed by atoms with Gasteiger partial charge in [-0.2, -0.15) is 0 Å². The van der Waals surface area contributed by atoms with Crippen molar-refractivity contribution >= 4 is 5.91 Å². The summed E-state index contributed by atoms with van der Waals surface area (Å²) in [5.74, 6) is 1.39. The van der Waals surface area contributed by atoms with Crippen molar-refractivity contribution in [2.75, 3.05) is 19.6 Å². The van der Waals surface area contributed by atoms with Gasteiger partial charge in [0.15, 0.2) is 0 Å². The Labute approximate surface area is 147 Å². The fourth-order valence-corrected chi connectivity index (χ4v) is 3.46. The molecule has 1 aliphatic rings. The molecule has 6 nitrogen and oxygen atoms in total. The second-order valence-corrected chi connectivity index (χ2v) is 6.78. The molecule has 2 aromatic heterocycles. The van der Waals surface area contributed by atoms with Crippen LogP contribution in [0.2, 0.25) is 0 Å². The number of piperidine rings is 1. The van der Waals surface area contributed by atoms with Gasteiger partial charge in [-0.3, -0.25) is 14.5 Å². The van der Waals surface area contributed by atoms with E-state index in [2.05, 4.69) is 15.2 Å². The van der Waals surface area contributed by atoms with Crippen LogP contribution in [0.15, 0.2) is 39.7 Å². The molecule has 1 amide bonds. The Morgan fingerprint density at radius 1 is 1.44 bits per heavy atom. The van der Waals surface area contributed by atoms with Crippen LogP contribution in [-0.2, 0) is 6.54 Å². The zero-order valence-corrected chi connectivity index (χ0v) is 14.6. The number of aromatic nitrogens is 1. The van der Waals surface area contributed by atoms with Gasteiger partial charge < -0.3 is 14.7 Å². The van der Waals surface area contributed by atoms with Gasteiger partial charge in [0.1, 0.15) is 5.76 Å². The molecular weight excluding hydrogens is 318 g/mol. The van der Waals surface area contributed by atoms with E-state index >= 15 is 0 Å². The Balaban J connectivity index is 1.45. The number of hydrogen-bond donors (Lipinski definition) is 2. The minimum atomic E-state index is -0.244. The van der Waals surface area contributed by atoms with Gasteiger partial charge in [-0.05, 0) is 56.8 Å². The molecule has 1 aliphatic heterocycles. The number of pyridine rings is 1. The van der Waals surface area contributed by atoms with Crippen LogP contribution in [0.5, 0.6) is 0 Å². The number of carbonyl (C=O) groups excluding carboxylic acids is 1. The third-order valence-electron chi connectivity index (χ3n) is 4.64. The minimum absolute atomic E-state index is 0.183. The molecule has 0 spiro atoms. The van der Waals surface area contributed by atoms with Crippen molar-refractivity contribution in [2.24, 2.45) is 5.92 Å². The fraction of sp³-hybridized carbons (Fsp3) is 0.474. The summed E-state index contributed by atoms with van der Waals surface area (Å²) in [4.78, 5) is 28.7. The zero-order valence-electron chi connectivity index (χ0n) is 14.6. The van der Waals surface area contributed by atoms with Gasteiger partial charge in [-0.15, -0.1) is 0 Å². The highest BCUT2D eigenvalue weighted by atomic mass is 16.3. The summed E-state index contributed by atoms with van der Waals surface area (Å²) in [6, 6.07) is 6.96. The maximum absolute atomic E-state index is 12.2. The minimum Gasteiger partial charge on any atom is -0.468 e. The lowest BCUT2D eigenvalue weighted by Gasteiger charge is -2.32. The number of furan rings is 1. The molecular formula is C19H25N3O3. The van der Waals surface area contributed by atoms with E-state index in [1.54, 1.807) is 19.3 Å². The number of H-pyrrole nitrogens is 1. The standard InChI is InChI=1S/C19H25N3O3/c1-14-10-16(11-18(23)21-14)19(24)20-7-6-15-4-2-8-22(12-15)13-17-5-3-9-25-17/h3,5,9-11,15H,2,4,6-8,12-13H2,1H3,(H,20,24)(H,21,23). The normalized spacial score (nSPS) is 18.2. The van der Waals surface area contributed by atoms with E-state index in [0.29, 0.717) is 23.7 Å². The molecule has 0 aliphatic carbocycles. The van der Waals surface area contributed by atoms with Crippen molar-refractivity contribution < 1.29 is 9.21 Å². The Morgan fingerprint density at radius 3 is 3.08 bits per heavy atom. The lowest BCUT2D eigenvalue weighted by Crippen LogP contribution is -2.36. The molecule has 0 bridgehead atoms. The Morgan fingerprint density at radius 2 is 2.32 bits per heavy atom. The lowest BCUT2D eigenvalue weighted by atomic mass is 9.94. The average Bonchev–Trinajstić information content (AvgIpc) is 3.07. The fourth-order valence-electron chi connectivity index (χ4n) is 3.46. The van der Waals surface area contributed by atoms with E-state index in [-0.39, 0.29) is 11.5 Å². The molecule has 0 aromatic carbocycles. The number of amides is 1. The van der Waals surface area contributed by atoms with Crippen LogP contribution in [0.25, 0.3) is 0 Å². The van der Waals surface area contributed by atoms with E-state index in [0.717, 1.165) is 31.8 Å².